The molecule has 164 valence electrons. The lowest BCUT2D eigenvalue weighted by molar-refractivity contribution is -0.108. The van der Waals surface area contributed by atoms with Crippen LogP contribution < -0.4 is 4.74 Å². The molecule has 0 amide bonds. The Kier molecular flexibility index (Phi) is 12.7. The SMILES string of the molecule is CCCCCCCCCCCCCCOc1ccc(C(C=O)c2ccccc2)cc1. The predicted octanol–water partition coefficient (Wildman–Crippen LogP) is 8.10. The summed E-state index contributed by atoms with van der Waals surface area (Å²) in [6.45, 7) is 3.05. The van der Waals surface area contributed by atoms with Crippen LogP contribution in [0.15, 0.2) is 54.6 Å². The number of benzene rings is 2. The molecule has 0 aliphatic carbocycles. The summed E-state index contributed by atoms with van der Waals surface area (Å²) in [7, 11) is 0. The summed E-state index contributed by atoms with van der Waals surface area (Å²) < 4.78 is 5.88. The molecule has 0 radical (unpaired) electrons. The van der Waals surface area contributed by atoms with Crippen LogP contribution in [-0.4, -0.2) is 12.9 Å². The lowest BCUT2D eigenvalue weighted by atomic mass is 9.93. The lowest BCUT2D eigenvalue weighted by Crippen LogP contribution is -2.03. The molecule has 30 heavy (non-hydrogen) atoms. The van der Waals surface area contributed by atoms with Gasteiger partial charge in [0.15, 0.2) is 0 Å². The number of hydrogen-bond donors (Lipinski definition) is 0. The summed E-state index contributed by atoms with van der Waals surface area (Å²) in [6.07, 6.45) is 17.2. The van der Waals surface area contributed by atoms with E-state index in [1.165, 1.54) is 70.6 Å². The quantitative estimate of drug-likeness (QED) is 0.195. The Morgan fingerprint density at radius 1 is 0.667 bits per heavy atom. The van der Waals surface area contributed by atoms with E-state index in [1.54, 1.807) is 0 Å². The first kappa shape index (κ1) is 24.2. The third-order valence-corrected chi connectivity index (χ3v) is 5.80. The van der Waals surface area contributed by atoms with Crippen molar-refractivity contribution in [2.75, 3.05) is 6.61 Å². The van der Waals surface area contributed by atoms with Crippen molar-refractivity contribution in [1.82, 2.24) is 0 Å². The predicted molar refractivity (Wildman–Crippen MR) is 127 cm³/mol. The molecule has 2 heteroatoms. The van der Waals surface area contributed by atoms with E-state index in [4.69, 9.17) is 4.74 Å². The van der Waals surface area contributed by atoms with Gasteiger partial charge in [0.05, 0.1) is 12.5 Å². The van der Waals surface area contributed by atoms with Crippen molar-refractivity contribution in [1.29, 1.82) is 0 Å². The van der Waals surface area contributed by atoms with Gasteiger partial charge in [-0.05, 0) is 29.7 Å². The molecule has 0 saturated carbocycles. The van der Waals surface area contributed by atoms with Gasteiger partial charge in [-0.1, -0.05) is 120 Å². The molecular formula is C28H40O2. The Morgan fingerprint density at radius 3 is 1.70 bits per heavy atom. The fraction of sp³-hybridized carbons (Fsp3) is 0.536. The largest absolute Gasteiger partial charge is 0.494 e. The minimum atomic E-state index is -0.211. The van der Waals surface area contributed by atoms with E-state index in [0.717, 1.165) is 36.2 Å². The molecule has 2 aromatic carbocycles. The zero-order valence-corrected chi connectivity index (χ0v) is 18.9. The summed E-state index contributed by atoms with van der Waals surface area (Å²) in [5.74, 6) is 0.677. The molecule has 1 unspecified atom stereocenters. The highest BCUT2D eigenvalue weighted by Gasteiger charge is 2.12. The molecule has 1 atom stereocenters. The van der Waals surface area contributed by atoms with E-state index in [9.17, 15) is 4.79 Å². The lowest BCUT2D eigenvalue weighted by Gasteiger charge is -2.12. The first-order valence-corrected chi connectivity index (χ1v) is 12.1. The average Bonchev–Trinajstić information content (AvgIpc) is 2.79. The summed E-state index contributed by atoms with van der Waals surface area (Å²) in [5, 5.41) is 0. The summed E-state index contributed by atoms with van der Waals surface area (Å²) in [6, 6.07) is 17.9. The molecule has 2 nitrogen and oxygen atoms in total. The van der Waals surface area contributed by atoms with Crippen LogP contribution in [0.1, 0.15) is 101 Å². The number of unbranched alkanes of at least 4 members (excludes halogenated alkanes) is 11. The van der Waals surface area contributed by atoms with Crippen LogP contribution in [0.2, 0.25) is 0 Å². The Morgan fingerprint density at radius 2 is 1.17 bits per heavy atom. The fourth-order valence-electron chi connectivity index (χ4n) is 3.91. The Bertz CT molecular complexity index is 663. The summed E-state index contributed by atoms with van der Waals surface area (Å²) >= 11 is 0. The molecule has 0 N–H and O–H groups in total. The molecule has 0 aliphatic rings. The Hall–Kier alpha value is -2.09. The highest BCUT2D eigenvalue weighted by Crippen LogP contribution is 2.24. The number of ether oxygens (including phenoxy) is 1. The van der Waals surface area contributed by atoms with Gasteiger partial charge in [-0.15, -0.1) is 0 Å². The second kappa shape index (κ2) is 15.7. The maximum atomic E-state index is 11.6. The molecular weight excluding hydrogens is 368 g/mol. The number of carbonyl (C=O) groups excluding carboxylic acids is 1. The number of aldehydes is 1. The molecule has 2 aromatic rings. The van der Waals surface area contributed by atoms with E-state index in [0.29, 0.717) is 0 Å². The normalized spacial score (nSPS) is 11.9. The number of rotatable bonds is 17. The molecule has 0 heterocycles. The monoisotopic (exact) mass is 408 g/mol. The van der Waals surface area contributed by atoms with Crippen molar-refractivity contribution >= 4 is 6.29 Å². The average molecular weight is 409 g/mol. The van der Waals surface area contributed by atoms with Gasteiger partial charge in [0, 0.05) is 0 Å². The van der Waals surface area contributed by atoms with Crippen LogP contribution in [0.4, 0.5) is 0 Å². The zero-order chi connectivity index (χ0) is 21.3. The van der Waals surface area contributed by atoms with Crippen molar-refractivity contribution in [2.45, 2.75) is 89.9 Å². The van der Waals surface area contributed by atoms with Gasteiger partial charge in [-0.2, -0.15) is 0 Å². The number of hydrogen-bond acceptors (Lipinski definition) is 2. The van der Waals surface area contributed by atoms with Crippen LogP contribution >= 0.6 is 0 Å². The molecule has 0 bridgehead atoms. The van der Waals surface area contributed by atoms with E-state index in [-0.39, 0.29) is 5.92 Å². The molecule has 0 saturated heterocycles. The Labute approximate surface area is 184 Å². The minimum Gasteiger partial charge on any atom is -0.494 e. The standard InChI is InChI=1S/C28H40O2/c1-2-3-4-5-6-7-8-9-10-11-12-16-23-30-27-21-19-26(20-22-27)28(24-29)25-17-14-13-15-18-25/h13-15,17-22,24,28H,2-12,16,23H2,1H3. The van der Waals surface area contributed by atoms with Crippen LogP contribution in [-0.2, 0) is 4.79 Å². The maximum Gasteiger partial charge on any atom is 0.131 e. The zero-order valence-electron chi connectivity index (χ0n) is 18.9. The van der Waals surface area contributed by atoms with Crippen molar-refractivity contribution < 1.29 is 9.53 Å². The summed E-state index contributed by atoms with van der Waals surface area (Å²) in [4.78, 5) is 11.6. The highest BCUT2D eigenvalue weighted by atomic mass is 16.5. The Balaban J connectivity index is 1.53. The molecule has 0 fully saturated rings. The molecule has 0 aromatic heterocycles. The smallest absolute Gasteiger partial charge is 0.131 e. The van der Waals surface area contributed by atoms with Gasteiger partial charge in [-0.3, -0.25) is 0 Å². The second-order valence-electron chi connectivity index (χ2n) is 8.33. The fourth-order valence-corrected chi connectivity index (χ4v) is 3.91. The van der Waals surface area contributed by atoms with Gasteiger partial charge >= 0.3 is 0 Å². The van der Waals surface area contributed by atoms with Gasteiger partial charge in [0.1, 0.15) is 12.0 Å². The van der Waals surface area contributed by atoms with Crippen molar-refractivity contribution in [3.63, 3.8) is 0 Å². The first-order valence-electron chi connectivity index (χ1n) is 12.1. The highest BCUT2D eigenvalue weighted by molar-refractivity contribution is 5.68. The third kappa shape index (κ3) is 9.61. The van der Waals surface area contributed by atoms with Gasteiger partial charge in [-0.25, -0.2) is 0 Å². The third-order valence-electron chi connectivity index (χ3n) is 5.80. The molecule has 0 spiro atoms. The molecule has 2 rings (SSSR count). The van der Waals surface area contributed by atoms with E-state index < -0.39 is 0 Å². The van der Waals surface area contributed by atoms with Crippen molar-refractivity contribution in [3.05, 3.63) is 65.7 Å². The second-order valence-corrected chi connectivity index (χ2v) is 8.33. The first-order chi connectivity index (χ1) is 14.8. The minimum absolute atomic E-state index is 0.211. The van der Waals surface area contributed by atoms with Gasteiger partial charge in [0.25, 0.3) is 0 Å². The van der Waals surface area contributed by atoms with Crippen LogP contribution in [0.25, 0.3) is 0 Å². The molecule has 0 aliphatic heterocycles. The van der Waals surface area contributed by atoms with Crippen LogP contribution in [0, 0.1) is 0 Å². The van der Waals surface area contributed by atoms with E-state index in [1.807, 2.05) is 54.6 Å². The number of carbonyl (C=O) groups is 1. The van der Waals surface area contributed by atoms with Crippen molar-refractivity contribution in [2.24, 2.45) is 0 Å². The summed E-state index contributed by atoms with van der Waals surface area (Å²) in [5.41, 5.74) is 2.03. The van der Waals surface area contributed by atoms with Gasteiger partial charge < -0.3 is 9.53 Å². The van der Waals surface area contributed by atoms with E-state index >= 15 is 0 Å². The van der Waals surface area contributed by atoms with Gasteiger partial charge in [0.2, 0.25) is 0 Å². The van der Waals surface area contributed by atoms with E-state index in [2.05, 4.69) is 6.92 Å². The topological polar surface area (TPSA) is 26.3 Å². The van der Waals surface area contributed by atoms with Crippen molar-refractivity contribution in [3.8, 4) is 5.75 Å². The maximum absolute atomic E-state index is 11.6. The van der Waals surface area contributed by atoms with Crippen LogP contribution in [0.3, 0.4) is 0 Å². The van der Waals surface area contributed by atoms with Crippen LogP contribution in [0.5, 0.6) is 5.75 Å².